The van der Waals surface area contributed by atoms with Gasteiger partial charge in [-0.25, -0.2) is 4.79 Å². The maximum atomic E-state index is 12.3. The van der Waals surface area contributed by atoms with E-state index in [1.807, 2.05) is 31.2 Å². The van der Waals surface area contributed by atoms with Crippen molar-refractivity contribution in [3.8, 4) is 11.1 Å². The van der Waals surface area contributed by atoms with Gasteiger partial charge in [-0.05, 0) is 47.4 Å². The van der Waals surface area contributed by atoms with Crippen LogP contribution in [0.2, 0.25) is 0 Å². The van der Waals surface area contributed by atoms with Gasteiger partial charge in [-0.1, -0.05) is 62.4 Å². The van der Waals surface area contributed by atoms with Crippen molar-refractivity contribution in [1.82, 2.24) is 10.6 Å². The Morgan fingerprint density at radius 2 is 1.47 bits per heavy atom. The lowest BCUT2D eigenvalue weighted by molar-refractivity contribution is -0.141. The minimum atomic E-state index is -0.855. The van der Waals surface area contributed by atoms with Gasteiger partial charge in [0, 0.05) is 25.4 Å². The minimum absolute atomic E-state index is 0.0362. The number of rotatable bonds is 12. The van der Waals surface area contributed by atoms with Crippen LogP contribution in [0, 0.1) is 11.8 Å². The fraction of sp³-hybridized carbons (Fsp3) is 0.444. The topological polar surface area (TPSA) is 105 Å². The summed E-state index contributed by atoms with van der Waals surface area (Å²) in [6.07, 6.45) is 1.81. The predicted octanol–water partition coefficient (Wildman–Crippen LogP) is 4.56. The van der Waals surface area contributed by atoms with E-state index in [-0.39, 0.29) is 24.3 Å². The fourth-order valence-corrected chi connectivity index (χ4v) is 4.23. The summed E-state index contributed by atoms with van der Waals surface area (Å²) in [5, 5.41) is 14.4. The SMILES string of the molecule is CC(CCNC(=O)OCC1c2ccccc2-c2ccccc21)CCC(=O)NCCC(C)C(=O)O. The number of carboxylic acid groups (broad SMARTS) is 1. The molecule has 0 aliphatic heterocycles. The van der Waals surface area contributed by atoms with E-state index in [1.165, 1.54) is 22.3 Å². The van der Waals surface area contributed by atoms with Crippen molar-refractivity contribution in [3.05, 3.63) is 59.7 Å². The van der Waals surface area contributed by atoms with E-state index in [1.54, 1.807) is 6.92 Å². The number of fused-ring (bicyclic) bond motifs is 3. The molecule has 2 aromatic rings. The number of nitrogens with one attached hydrogen (secondary N) is 2. The van der Waals surface area contributed by atoms with Crippen molar-refractivity contribution in [3.63, 3.8) is 0 Å². The maximum Gasteiger partial charge on any atom is 0.407 e. The lowest BCUT2D eigenvalue weighted by Gasteiger charge is -2.15. The molecule has 3 rings (SSSR count). The summed E-state index contributed by atoms with van der Waals surface area (Å²) >= 11 is 0. The van der Waals surface area contributed by atoms with Crippen molar-refractivity contribution in [2.75, 3.05) is 19.7 Å². The summed E-state index contributed by atoms with van der Waals surface area (Å²) in [5.41, 5.74) is 4.75. The number of aliphatic carboxylic acids is 1. The number of carboxylic acids is 1. The van der Waals surface area contributed by atoms with E-state index in [2.05, 4.69) is 34.9 Å². The number of carbonyl (C=O) groups is 3. The lowest BCUT2D eigenvalue weighted by atomic mass is 9.98. The van der Waals surface area contributed by atoms with Gasteiger partial charge >= 0.3 is 12.1 Å². The maximum absolute atomic E-state index is 12.3. The largest absolute Gasteiger partial charge is 0.481 e. The van der Waals surface area contributed by atoms with Crippen molar-refractivity contribution >= 4 is 18.0 Å². The Hall–Kier alpha value is -3.35. The second-order valence-corrected chi connectivity index (χ2v) is 9.06. The molecule has 0 bridgehead atoms. The number of hydrogen-bond donors (Lipinski definition) is 3. The molecule has 0 heterocycles. The highest BCUT2D eigenvalue weighted by Crippen LogP contribution is 2.44. The summed E-state index contributed by atoms with van der Waals surface area (Å²) in [6, 6.07) is 16.5. The second kappa shape index (κ2) is 12.2. The first-order valence-corrected chi connectivity index (χ1v) is 11.9. The molecule has 34 heavy (non-hydrogen) atoms. The van der Waals surface area contributed by atoms with Gasteiger partial charge in [0.1, 0.15) is 6.61 Å². The Kier molecular flexibility index (Phi) is 9.08. The zero-order valence-corrected chi connectivity index (χ0v) is 19.9. The predicted molar refractivity (Wildman–Crippen MR) is 131 cm³/mol. The summed E-state index contributed by atoms with van der Waals surface area (Å²) in [5.74, 6) is -1.10. The summed E-state index contributed by atoms with van der Waals surface area (Å²) in [7, 11) is 0. The highest BCUT2D eigenvalue weighted by atomic mass is 16.5. The Balaban J connectivity index is 1.33. The van der Waals surface area contributed by atoms with E-state index in [0.717, 1.165) is 6.42 Å². The molecule has 0 saturated carbocycles. The standard InChI is InChI=1S/C27H34N2O5/c1-18(11-12-25(30)28-16-14-19(2)26(31)32)13-15-29-27(33)34-17-24-22-9-5-3-7-20(22)21-8-4-6-10-23(21)24/h3-10,18-19,24H,11-17H2,1-2H3,(H,28,30)(H,29,33)(H,31,32). The van der Waals surface area contributed by atoms with Crippen LogP contribution < -0.4 is 10.6 Å². The molecule has 2 unspecified atom stereocenters. The third kappa shape index (κ3) is 6.83. The zero-order chi connectivity index (χ0) is 24.5. The van der Waals surface area contributed by atoms with Crippen molar-refractivity contribution in [1.29, 1.82) is 0 Å². The first kappa shape index (κ1) is 25.3. The van der Waals surface area contributed by atoms with Gasteiger partial charge in [0.2, 0.25) is 5.91 Å². The van der Waals surface area contributed by atoms with Crippen LogP contribution in [-0.4, -0.2) is 42.8 Å². The smallest absolute Gasteiger partial charge is 0.407 e. The quantitative estimate of drug-likeness (QED) is 0.425. The number of hydrogen-bond acceptors (Lipinski definition) is 4. The van der Waals surface area contributed by atoms with E-state index < -0.39 is 18.0 Å². The Bertz CT molecular complexity index is 961. The first-order chi connectivity index (χ1) is 16.4. The Labute approximate surface area is 200 Å². The van der Waals surface area contributed by atoms with E-state index >= 15 is 0 Å². The first-order valence-electron chi connectivity index (χ1n) is 11.9. The highest BCUT2D eigenvalue weighted by Gasteiger charge is 2.28. The van der Waals surface area contributed by atoms with Crippen LogP contribution >= 0.6 is 0 Å². The highest BCUT2D eigenvalue weighted by molar-refractivity contribution is 5.79. The van der Waals surface area contributed by atoms with Gasteiger partial charge in [0.25, 0.3) is 0 Å². The molecule has 0 spiro atoms. The second-order valence-electron chi connectivity index (χ2n) is 9.06. The summed E-state index contributed by atoms with van der Waals surface area (Å²) < 4.78 is 5.54. The molecular weight excluding hydrogens is 432 g/mol. The molecule has 0 saturated heterocycles. The molecule has 0 fully saturated rings. The van der Waals surface area contributed by atoms with E-state index in [4.69, 9.17) is 9.84 Å². The van der Waals surface area contributed by atoms with Gasteiger partial charge in [-0.15, -0.1) is 0 Å². The van der Waals surface area contributed by atoms with Crippen LogP contribution in [0.5, 0.6) is 0 Å². The molecule has 2 atom stereocenters. The molecule has 1 aliphatic rings. The van der Waals surface area contributed by atoms with Gasteiger partial charge in [-0.2, -0.15) is 0 Å². The molecule has 0 aromatic heterocycles. The molecule has 7 heteroatoms. The molecule has 2 aromatic carbocycles. The number of alkyl carbamates (subject to hydrolysis) is 1. The lowest BCUT2D eigenvalue weighted by Crippen LogP contribution is -2.29. The molecule has 7 nitrogen and oxygen atoms in total. The molecule has 3 N–H and O–H groups in total. The van der Waals surface area contributed by atoms with Crippen molar-refractivity contribution in [2.45, 2.75) is 45.4 Å². The molecular formula is C27H34N2O5. The zero-order valence-electron chi connectivity index (χ0n) is 19.9. The van der Waals surface area contributed by atoms with Gasteiger partial charge in [-0.3, -0.25) is 9.59 Å². The normalized spacial score (nSPS) is 13.9. The van der Waals surface area contributed by atoms with Crippen LogP contribution in [0.4, 0.5) is 4.79 Å². The fourth-order valence-electron chi connectivity index (χ4n) is 4.23. The van der Waals surface area contributed by atoms with Gasteiger partial charge in [0.05, 0.1) is 5.92 Å². The summed E-state index contributed by atoms with van der Waals surface area (Å²) in [6.45, 7) is 4.80. The number of benzene rings is 2. The molecule has 2 amide bonds. The Morgan fingerprint density at radius 3 is 2.09 bits per heavy atom. The van der Waals surface area contributed by atoms with Gasteiger partial charge < -0.3 is 20.5 Å². The molecule has 0 radical (unpaired) electrons. The Morgan fingerprint density at radius 1 is 0.882 bits per heavy atom. The van der Waals surface area contributed by atoms with Crippen LogP contribution in [0.3, 0.4) is 0 Å². The van der Waals surface area contributed by atoms with Crippen molar-refractivity contribution < 1.29 is 24.2 Å². The van der Waals surface area contributed by atoms with Crippen LogP contribution in [-0.2, 0) is 14.3 Å². The number of carbonyl (C=O) groups excluding carboxylic acids is 2. The van der Waals surface area contributed by atoms with Crippen LogP contribution in [0.25, 0.3) is 11.1 Å². The third-order valence-electron chi connectivity index (χ3n) is 6.44. The minimum Gasteiger partial charge on any atom is -0.481 e. The average molecular weight is 467 g/mol. The molecule has 1 aliphatic carbocycles. The van der Waals surface area contributed by atoms with Gasteiger partial charge in [0.15, 0.2) is 0 Å². The molecule has 182 valence electrons. The summed E-state index contributed by atoms with van der Waals surface area (Å²) in [4.78, 5) is 35.0. The average Bonchev–Trinajstić information content (AvgIpc) is 3.15. The van der Waals surface area contributed by atoms with E-state index in [0.29, 0.717) is 32.4 Å². The number of amides is 2. The van der Waals surface area contributed by atoms with Crippen LogP contribution in [0.15, 0.2) is 48.5 Å². The third-order valence-corrected chi connectivity index (χ3v) is 6.44. The van der Waals surface area contributed by atoms with Crippen LogP contribution in [0.1, 0.15) is 56.6 Å². The van der Waals surface area contributed by atoms with Crippen molar-refractivity contribution in [2.24, 2.45) is 11.8 Å². The number of ether oxygens (including phenoxy) is 1. The van der Waals surface area contributed by atoms with E-state index in [9.17, 15) is 14.4 Å². The monoisotopic (exact) mass is 466 g/mol.